The van der Waals surface area contributed by atoms with Gasteiger partial charge in [-0.25, -0.2) is 0 Å². The Labute approximate surface area is 146 Å². The van der Waals surface area contributed by atoms with Gasteiger partial charge in [0.1, 0.15) is 5.75 Å². The molecule has 133 valence electrons. The van der Waals surface area contributed by atoms with Gasteiger partial charge in [-0.2, -0.15) is 0 Å². The van der Waals surface area contributed by atoms with Crippen molar-refractivity contribution >= 4 is 18.9 Å². The molecule has 24 heavy (non-hydrogen) atoms. The number of carbonyl (C=O) groups excluding carboxylic acids is 1. The maximum absolute atomic E-state index is 10.7. The molecule has 0 spiro atoms. The molecule has 0 atom stereocenters. The summed E-state index contributed by atoms with van der Waals surface area (Å²) in [6.07, 6.45) is 1.78. The number of benzene rings is 1. The molecule has 1 rings (SSSR count). The van der Waals surface area contributed by atoms with E-state index in [4.69, 9.17) is 9.39 Å². The van der Waals surface area contributed by atoms with Gasteiger partial charge in [0, 0.05) is 13.5 Å². The number of ether oxygens (including phenoxy) is 1. The maximum atomic E-state index is 10.7. The molecule has 5 nitrogen and oxygen atoms in total. The minimum atomic E-state index is -0.941. The van der Waals surface area contributed by atoms with E-state index in [2.05, 4.69) is 5.32 Å². The van der Waals surface area contributed by atoms with Gasteiger partial charge in [0.15, 0.2) is 0 Å². The minimum Gasteiger partial charge on any atom is -0.494 e. The van der Waals surface area contributed by atoms with Gasteiger partial charge >= 0.3 is 7.48 Å². The molecular weight excluding hydrogens is 305 g/mol. The lowest BCUT2D eigenvalue weighted by Gasteiger charge is -2.37. The summed E-state index contributed by atoms with van der Waals surface area (Å²) in [6.45, 7) is 9.96. The molecule has 0 aromatic heterocycles. The van der Waals surface area contributed by atoms with Gasteiger partial charge in [0.05, 0.1) is 17.8 Å². The fourth-order valence-corrected chi connectivity index (χ4v) is 1.68. The minimum absolute atomic E-state index is 0.00209. The van der Waals surface area contributed by atoms with E-state index < -0.39 is 11.2 Å². The van der Waals surface area contributed by atoms with E-state index in [-0.39, 0.29) is 5.91 Å². The topological polar surface area (TPSA) is 67.8 Å². The number of hydrogen-bond donors (Lipinski definition) is 2. The molecule has 0 aliphatic heterocycles. The van der Waals surface area contributed by atoms with Crippen LogP contribution in [-0.4, -0.2) is 42.8 Å². The molecule has 2 N–H and O–H groups in total. The molecular formula is C18H29BNO4. The average molecular weight is 334 g/mol. The van der Waals surface area contributed by atoms with E-state index >= 15 is 0 Å². The van der Waals surface area contributed by atoms with Crippen molar-refractivity contribution in [3.8, 4) is 5.75 Å². The molecule has 0 bridgehead atoms. The zero-order valence-electron chi connectivity index (χ0n) is 15.4. The van der Waals surface area contributed by atoms with Gasteiger partial charge in [-0.1, -0.05) is 17.6 Å². The standard InChI is InChI=1S/C18H29BNO4/c1-14(21)20-12-6-7-13-23-16-10-8-15(9-11-16)19-24-18(4,5)17(2,3)22/h8-11,22H,6-7,12-13H2,1-5H3,(H,20,21). The Morgan fingerprint density at radius 3 is 2.33 bits per heavy atom. The quantitative estimate of drug-likeness (QED) is 0.506. The highest BCUT2D eigenvalue weighted by Crippen LogP contribution is 2.24. The van der Waals surface area contributed by atoms with Gasteiger partial charge < -0.3 is 19.8 Å². The summed E-state index contributed by atoms with van der Waals surface area (Å²) in [4.78, 5) is 10.7. The van der Waals surface area contributed by atoms with Crippen molar-refractivity contribution in [2.24, 2.45) is 0 Å². The Hall–Kier alpha value is -1.53. The monoisotopic (exact) mass is 334 g/mol. The van der Waals surface area contributed by atoms with Crippen LogP contribution in [0.5, 0.6) is 5.75 Å². The second-order valence-corrected chi connectivity index (χ2v) is 6.91. The number of nitrogens with one attached hydrogen (secondary N) is 1. The van der Waals surface area contributed by atoms with Crippen LogP contribution in [0, 0.1) is 0 Å². The van der Waals surface area contributed by atoms with Crippen LogP contribution >= 0.6 is 0 Å². The first-order valence-corrected chi connectivity index (χ1v) is 8.32. The van der Waals surface area contributed by atoms with Crippen LogP contribution in [0.2, 0.25) is 0 Å². The van der Waals surface area contributed by atoms with Crippen LogP contribution in [0.4, 0.5) is 0 Å². The molecule has 6 heteroatoms. The molecule has 0 fully saturated rings. The van der Waals surface area contributed by atoms with Gasteiger partial charge in [-0.05, 0) is 52.7 Å². The van der Waals surface area contributed by atoms with Crippen LogP contribution in [0.1, 0.15) is 47.5 Å². The van der Waals surface area contributed by atoms with Crippen molar-refractivity contribution in [1.82, 2.24) is 5.32 Å². The third-order valence-electron chi connectivity index (χ3n) is 4.06. The van der Waals surface area contributed by atoms with Gasteiger partial charge in [0.2, 0.25) is 5.91 Å². The van der Waals surface area contributed by atoms with E-state index in [9.17, 15) is 9.90 Å². The average Bonchev–Trinajstić information content (AvgIpc) is 2.48. The summed E-state index contributed by atoms with van der Waals surface area (Å²) in [7, 11) is 1.65. The summed E-state index contributed by atoms with van der Waals surface area (Å²) in [5.74, 6) is 0.797. The second kappa shape index (κ2) is 9.09. The summed E-state index contributed by atoms with van der Waals surface area (Å²) in [5.41, 5.74) is -0.717. The van der Waals surface area contributed by atoms with E-state index in [1.807, 2.05) is 38.1 Å². The highest BCUT2D eigenvalue weighted by atomic mass is 16.5. The molecule has 1 aromatic rings. The molecule has 0 saturated carbocycles. The van der Waals surface area contributed by atoms with Crippen LogP contribution in [0.15, 0.2) is 24.3 Å². The van der Waals surface area contributed by atoms with Gasteiger partial charge in [-0.15, -0.1) is 0 Å². The third kappa shape index (κ3) is 7.36. The number of hydrogen-bond acceptors (Lipinski definition) is 4. The highest BCUT2D eigenvalue weighted by molar-refractivity contribution is 6.47. The maximum Gasteiger partial charge on any atom is 0.330 e. The predicted molar refractivity (Wildman–Crippen MR) is 96.7 cm³/mol. The number of carbonyl (C=O) groups is 1. The summed E-state index contributed by atoms with van der Waals surface area (Å²) in [6, 6.07) is 7.60. The second-order valence-electron chi connectivity index (χ2n) is 6.91. The molecule has 0 aliphatic rings. The van der Waals surface area contributed by atoms with Crippen LogP contribution < -0.4 is 15.5 Å². The van der Waals surface area contributed by atoms with E-state index in [1.165, 1.54) is 6.92 Å². The van der Waals surface area contributed by atoms with Crippen molar-refractivity contribution in [3.63, 3.8) is 0 Å². The number of unbranched alkanes of at least 4 members (excludes halogenated alkanes) is 1. The van der Waals surface area contributed by atoms with E-state index in [0.29, 0.717) is 13.2 Å². The molecule has 0 heterocycles. The molecule has 1 aromatic carbocycles. The highest BCUT2D eigenvalue weighted by Gasteiger charge is 2.35. The summed E-state index contributed by atoms with van der Waals surface area (Å²) >= 11 is 0. The van der Waals surface area contributed by atoms with Gasteiger partial charge in [0.25, 0.3) is 0 Å². The zero-order chi connectivity index (χ0) is 18.2. The lowest BCUT2D eigenvalue weighted by Crippen LogP contribution is -2.49. The Bertz CT molecular complexity index is 509. The zero-order valence-corrected chi connectivity index (χ0v) is 15.4. The van der Waals surface area contributed by atoms with Gasteiger partial charge in [-0.3, -0.25) is 4.79 Å². The third-order valence-corrected chi connectivity index (χ3v) is 4.06. The fourth-order valence-electron chi connectivity index (χ4n) is 1.68. The largest absolute Gasteiger partial charge is 0.494 e. The molecule has 0 unspecified atom stereocenters. The lowest BCUT2D eigenvalue weighted by atomic mass is 9.82. The molecule has 0 aliphatic carbocycles. The Kier molecular flexibility index (Phi) is 7.77. The summed E-state index contributed by atoms with van der Waals surface area (Å²) in [5, 5.41) is 12.8. The van der Waals surface area contributed by atoms with Crippen LogP contribution in [0.3, 0.4) is 0 Å². The summed E-state index contributed by atoms with van der Waals surface area (Å²) < 4.78 is 11.4. The SMILES string of the molecule is CC(=O)NCCCCOc1ccc([B]OC(C)(C)C(C)(C)O)cc1. The first-order chi connectivity index (χ1) is 11.1. The van der Waals surface area contributed by atoms with Crippen molar-refractivity contribution in [1.29, 1.82) is 0 Å². The Balaban J connectivity index is 2.32. The van der Waals surface area contributed by atoms with Crippen molar-refractivity contribution < 1.29 is 19.3 Å². The van der Waals surface area contributed by atoms with E-state index in [0.717, 1.165) is 24.1 Å². The lowest BCUT2D eigenvalue weighted by molar-refractivity contribution is -0.118. The van der Waals surface area contributed by atoms with Crippen LogP contribution in [-0.2, 0) is 9.45 Å². The first kappa shape index (κ1) is 20.5. The Morgan fingerprint density at radius 1 is 1.17 bits per heavy atom. The molecule has 0 saturated heterocycles. The molecule has 1 radical (unpaired) electrons. The normalized spacial score (nSPS) is 11.9. The number of amides is 1. The number of aliphatic hydroxyl groups is 1. The van der Waals surface area contributed by atoms with Crippen molar-refractivity contribution in [3.05, 3.63) is 24.3 Å². The fraction of sp³-hybridized carbons (Fsp3) is 0.611. The van der Waals surface area contributed by atoms with Crippen molar-refractivity contribution in [2.45, 2.75) is 58.7 Å². The van der Waals surface area contributed by atoms with Crippen molar-refractivity contribution in [2.75, 3.05) is 13.2 Å². The predicted octanol–water partition coefficient (Wildman–Crippen LogP) is 1.79. The van der Waals surface area contributed by atoms with E-state index in [1.54, 1.807) is 21.3 Å². The number of rotatable bonds is 10. The first-order valence-electron chi connectivity index (χ1n) is 8.32. The molecule has 1 amide bonds. The Morgan fingerprint density at radius 2 is 1.79 bits per heavy atom. The smallest absolute Gasteiger partial charge is 0.330 e. The van der Waals surface area contributed by atoms with Crippen LogP contribution in [0.25, 0.3) is 0 Å².